The van der Waals surface area contributed by atoms with Gasteiger partial charge in [0.15, 0.2) is 5.13 Å². The minimum atomic E-state index is -0.763. The van der Waals surface area contributed by atoms with Gasteiger partial charge in [-0.15, -0.1) is 11.3 Å². The molecule has 1 amide bonds. The van der Waals surface area contributed by atoms with Gasteiger partial charge in [-0.25, -0.2) is 4.98 Å². The highest BCUT2D eigenvalue weighted by Gasteiger charge is 2.48. The molecule has 3 heterocycles. The highest BCUT2D eigenvalue weighted by molar-refractivity contribution is 7.14. The predicted octanol–water partition coefficient (Wildman–Crippen LogP) is 5.22. The maximum absolute atomic E-state index is 13.2. The van der Waals surface area contributed by atoms with Crippen molar-refractivity contribution in [3.05, 3.63) is 81.9 Å². The van der Waals surface area contributed by atoms with Crippen LogP contribution < -0.4 is 9.64 Å². The van der Waals surface area contributed by atoms with Crippen molar-refractivity contribution in [1.82, 2.24) is 4.98 Å². The first kappa shape index (κ1) is 21.4. The lowest BCUT2D eigenvalue weighted by atomic mass is 9.93. The van der Waals surface area contributed by atoms with Crippen LogP contribution in [0.5, 0.6) is 5.75 Å². The summed E-state index contributed by atoms with van der Waals surface area (Å²) < 4.78 is 5.76. The number of thiazole rings is 1. The average molecular weight is 461 g/mol. The van der Waals surface area contributed by atoms with Crippen LogP contribution in [-0.4, -0.2) is 27.9 Å². The van der Waals surface area contributed by atoms with Gasteiger partial charge < -0.3 is 9.84 Å². The predicted molar refractivity (Wildman–Crippen MR) is 128 cm³/mol. The first-order chi connectivity index (χ1) is 15.8. The molecule has 0 aliphatic carbocycles. The van der Waals surface area contributed by atoms with Crippen LogP contribution in [0.25, 0.3) is 5.76 Å². The van der Waals surface area contributed by atoms with Crippen LogP contribution in [0.3, 0.4) is 0 Å². The Bertz CT molecular complexity index is 1260. The third-order valence-electron chi connectivity index (χ3n) is 6.16. The number of anilines is 1. The zero-order chi connectivity index (χ0) is 23.3. The molecule has 0 radical (unpaired) electrons. The Hall–Kier alpha value is -3.45. The fourth-order valence-corrected chi connectivity index (χ4v) is 5.14. The largest absolute Gasteiger partial charge is 0.507 e. The number of Topliss-reactive ketones (excluding diaryl/α,β-unsaturated/α-hetero) is 1. The lowest BCUT2D eigenvalue weighted by Crippen LogP contribution is -2.29. The molecule has 2 aromatic carbocycles. The molecule has 0 spiro atoms. The van der Waals surface area contributed by atoms with Crippen LogP contribution in [0.4, 0.5) is 5.13 Å². The van der Waals surface area contributed by atoms with E-state index in [-0.39, 0.29) is 17.4 Å². The zero-order valence-corrected chi connectivity index (χ0v) is 19.4. The van der Waals surface area contributed by atoms with E-state index in [1.807, 2.05) is 37.3 Å². The van der Waals surface area contributed by atoms with Gasteiger partial charge >= 0.3 is 5.91 Å². The van der Waals surface area contributed by atoms with Crippen molar-refractivity contribution in [2.45, 2.75) is 45.3 Å². The van der Waals surface area contributed by atoms with Crippen molar-refractivity contribution in [3.8, 4) is 5.75 Å². The number of carbonyl (C=O) groups is 2. The van der Waals surface area contributed by atoms with E-state index in [4.69, 9.17) is 4.74 Å². The number of amides is 1. The van der Waals surface area contributed by atoms with Gasteiger partial charge in [0.1, 0.15) is 17.6 Å². The maximum Gasteiger partial charge on any atom is 0.301 e. The van der Waals surface area contributed by atoms with E-state index < -0.39 is 17.7 Å². The third-order valence-corrected chi connectivity index (χ3v) is 6.93. The van der Waals surface area contributed by atoms with Gasteiger partial charge in [-0.3, -0.25) is 14.5 Å². The summed E-state index contributed by atoms with van der Waals surface area (Å²) in [6.07, 6.45) is 2.39. The Balaban J connectivity index is 1.66. The summed E-state index contributed by atoms with van der Waals surface area (Å²) in [6, 6.07) is 12.4. The number of fused-ring (bicyclic) bond motifs is 1. The molecule has 2 aliphatic heterocycles. The summed E-state index contributed by atoms with van der Waals surface area (Å²) in [5.41, 5.74) is 3.43. The topological polar surface area (TPSA) is 79.7 Å². The highest BCUT2D eigenvalue weighted by atomic mass is 32.1. The fraction of sp³-hybridized carbons (Fsp3) is 0.269. The molecule has 168 valence electrons. The first-order valence-corrected chi connectivity index (χ1v) is 11.8. The second kappa shape index (κ2) is 8.15. The lowest BCUT2D eigenvalue weighted by Gasteiger charge is -2.23. The van der Waals surface area contributed by atoms with Gasteiger partial charge in [-0.1, -0.05) is 38.1 Å². The van der Waals surface area contributed by atoms with Crippen molar-refractivity contribution in [2.24, 2.45) is 0 Å². The number of nitrogens with zero attached hydrogens (tertiary/aromatic N) is 2. The lowest BCUT2D eigenvalue weighted by molar-refractivity contribution is -0.132. The van der Waals surface area contributed by atoms with Crippen LogP contribution in [0.1, 0.15) is 55.0 Å². The summed E-state index contributed by atoms with van der Waals surface area (Å²) in [4.78, 5) is 32.0. The number of rotatable bonds is 4. The number of aliphatic hydroxyl groups excluding tert-OH is 1. The molecule has 0 saturated carbocycles. The molecule has 2 aliphatic rings. The van der Waals surface area contributed by atoms with Gasteiger partial charge in [0, 0.05) is 23.6 Å². The molecule has 1 N–H and O–H groups in total. The third kappa shape index (κ3) is 3.62. The van der Waals surface area contributed by atoms with Crippen LogP contribution in [0.15, 0.2) is 59.6 Å². The maximum atomic E-state index is 13.2. The number of ether oxygens (including phenoxy) is 1. The Labute approximate surface area is 196 Å². The van der Waals surface area contributed by atoms with Crippen molar-refractivity contribution in [1.29, 1.82) is 0 Å². The molecule has 3 aromatic rings. The second-order valence-corrected chi connectivity index (χ2v) is 9.63. The summed E-state index contributed by atoms with van der Waals surface area (Å²) in [7, 11) is 0. The van der Waals surface area contributed by atoms with Gasteiger partial charge in [0.05, 0.1) is 11.6 Å². The van der Waals surface area contributed by atoms with Crippen LogP contribution in [0.2, 0.25) is 0 Å². The number of carbonyl (C=O) groups excluding carboxylic acids is 2. The molecule has 0 bridgehead atoms. The molecule has 1 saturated heterocycles. The molecule has 5 rings (SSSR count). The number of benzene rings is 2. The summed E-state index contributed by atoms with van der Waals surface area (Å²) in [5.74, 6) is -0.468. The van der Waals surface area contributed by atoms with Crippen LogP contribution >= 0.6 is 11.3 Å². The molecule has 33 heavy (non-hydrogen) atoms. The average Bonchev–Trinajstić information content (AvgIpc) is 3.51. The summed E-state index contributed by atoms with van der Waals surface area (Å²) in [5, 5.41) is 13.5. The number of aromatic nitrogens is 1. The van der Waals surface area contributed by atoms with E-state index in [0.717, 1.165) is 28.9 Å². The highest BCUT2D eigenvalue weighted by Crippen LogP contribution is 2.43. The molecular formula is C26H24N2O4S. The SMILES string of the molecule is CC1Cc2cc(C(O)=C3C(=O)C(=O)N(c4nccs4)C3c3ccc(C(C)C)cc3)ccc2O1. The molecule has 7 heteroatoms. The minimum absolute atomic E-state index is 0.0624. The fourth-order valence-electron chi connectivity index (χ4n) is 4.47. The van der Waals surface area contributed by atoms with E-state index in [2.05, 4.69) is 18.8 Å². The Morgan fingerprint density at radius 2 is 1.94 bits per heavy atom. The smallest absolute Gasteiger partial charge is 0.301 e. The van der Waals surface area contributed by atoms with Crippen molar-refractivity contribution in [2.75, 3.05) is 4.90 Å². The minimum Gasteiger partial charge on any atom is -0.507 e. The normalized spacial score (nSPS) is 21.5. The molecule has 2 atom stereocenters. The number of hydrogen-bond acceptors (Lipinski definition) is 6. The standard InChI is InChI=1S/C26H24N2O4S/c1-14(2)16-4-6-17(7-5-16)22-21(24(30)25(31)28(22)26-27-10-11-33-26)23(29)18-8-9-20-19(13-18)12-15(3)32-20/h4-11,13-15,22,29H,12H2,1-3H3. The second-order valence-electron chi connectivity index (χ2n) is 8.76. The Morgan fingerprint density at radius 1 is 1.18 bits per heavy atom. The molecule has 6 nitrogen and oxygen atoms in total. The number of aliphatic hydroxyl groups is 1. The molecular weight excluding hydrogens is 436 g/mol. The zero-order valence-electron chi connectivity index (χ0n) is 18.6. The van der Waals surface area contributed by atoms with Gasteiger partial charge in [0.25, 0.3) is 5.78 Å². The summed E-state index contributed by atoms with van der Waals surface area (Å²) >= 11 is 1.28. The first-order valence-electron chi connectivity index (χ1n) is 11.0. The van der Waals surface area contributed by atoms with E-state index in [1.165, 1.54) is 16.2 Å². The van der Waals surface area contributed by atoms with E-state index in [9.17, 15) is 14.7 Å². The van der Waals surface area contributed by atoms with Gasteiger partial charge in [0.2, 0.25) is 0 Å². The van der Waals surface area contributed by atoms with Crippen LogP contribution in [0, 0.1) is 0 Å². The van der Waals surface area contributed by atoms with Crippen molar-refractivity contribution >= 4 is 33.9 Å². The molecule has 1 fully saturated rings. The van der Waals surface area contributed by atoms with Gasteiger partial charge in [-0.2, -0.15) is 0 Å². The van der Waals surface area contributed by atoms with E-state index in [1.54, 1.807) is 23.7 Å². The number of hydrogen-bond donors (Lipinski definition) is 1. The quantitative estimate of drug-likeness (QED) is 0.328. The van der Waals surface area contributed by atoms with Crippen LogP contribution in [-0.2, 0) is 16.0 Å². The monoisotopic (exact) mass is 460 g/mol. The van der Waals surface area contributed by atoms with E-state index >= 15 is 0 Å². The Morgan fingerprint density at radius 3 is 2.61 bits per heavy atom. The number of ketones is 1. The summed E-state index contributed by atoms with van der Waals surface area (Å²) in [6.45, 7) is 6.20. The van der Waals surface area contributed by atoms with E-state index in [0.29, 0.717) is 16.6 Å². The van der Waals surface area contributed by atoms with Crippen molar-refractivity contribution < 1.29 is 19.4 Å². The molecule has 1 aromatic heterocycles. The Kier molecular flexibility index (Phi) is 5.29. The van der Waals surface area contributed by atoms with Crippen molar-refractivity contribution in [3.63, 3.8) is 0 Å². The van der Waals surface area contributed by atoms with Gasteiger partial charge in [-0.05, 0) is 47.7 Å². The molecule has 2 unspecified atom stereocenters.